The minimum Gasteiger partial charge on any atom is -0.465 e. The summed E-state index contributed by atoms with van der Waals surface area (Å²) < 4.78 is 6.16. The Bertz CT molecular complexity index is 1510. The topological polar surface area (TPSA) is 93.2 Å². The number of methoxy groups -OCH3 is 1. The summed E-state index contributed by atoms with van der Waals surface area (Å²) in [7, 11) is 1.28. The first-order valence-corrected chi connectivity index (χ1v) is 10.7. The van der Waals surface area contributed by atoms with Gasteiger partial charge in [-0.3, -0.25) is 14.2 Å². The van der Waals surface area contributed by atoms with Gasteiger partial charge in [-0.05, 0) is 60.2 Å². The van der Waals surface area contributed by atoms with E-state index < -0.39 is 5.97 Å². The Labute approximate surface area is 198 Å². The molecule has 0 aliphatic carbocycles. The SMILES string of the molecule is COC(=O)c1ccc2c(=O)n(-c3cccc(C(=O)NCc4ccccc4Cl)c3)c(=S)[nH]c2c1. The Kier molecular flexibility index (Phi) is 6.39. The number of hydrogen-bond donors (Lipinski definition) is 2. The molecule has 4 aromatic rings. The molecule has 0 saturated heterocycles. The summed E-state index contributed by atoms with van der Waals surface area (Å²) in [5, 5.41) is 3.73. The van der Waals surface area contributed by atoms with Gasteiger partial charge in [-0.25, -0.2) is 4.79 Å². The average Bonchev–Trinajstić information content (AvgIpc) is 2.82. The van der Waals surface area contributed by atoms with Crippen LogP contribution in [0.5, 0.6) is 0 Å². The summed E-state index contributed by atoms with van der Waals surface area (Å²) in [4.78, 5) is 40.6. The summed E-state index contributed by atoms with van der Waals surface area (Å²) in [6, 6.07) is 18.4. The van der Waals surface area contributed by atoms with Crippen molar-refractivity contribution in [2.45, 2.75) is 6.54 Å². The number of carbonyl (C=O) groups is 2. The van der Waals surface area contributed by atoms with Crippen LogP contribution < -0.4 is 10.9 Å². The molecule has 0 bridgehead atoms. The van der Waals surface area contributed by atoms with E-state index in [4.69, 9.17) is 28.6 Å². The van der Waals surface area contributed by atoms with Gasteiger partial charge in [0.05, 0.1) is 29.3 Å². The molecule has 0 radical (unpaired) electrons. The lowest BCUT2D eigenvalue weighted by molar-refractivity contribution is 0.0600. The molecule has 0 atom stereocenters. The molecule has 2 N–H and O–H groups in total. The van der Waals surface area contributed by atoms with Gasteiger partial charge >= 0.3 is 5.97 Å². The van der Waals surface area contributed by atoms with Crippen LogP contribution in [0.3, 0.4) is 0 Å². The zero-order valence-corrected chi connectivity index (χ0v) is 19.0. The third-order valence-corrected chi connectivity index (χ3v) is 5.74. The molecule has 1 aromatic heterocycles. The highest BCUT2D eigenvalue weighted by atomic mass is 35.5. The highest BCUT2D eigenvalue weighted by Gasteiger charge is 2.13. The molecular weight excluding hydrogens is 462 g/mol. The van der Waals surface area contributed by atoms with Crippen molar-refractivity contribution in [3.8, 4) is 5.69 Å². The highest BCUT2D eigenvalue weighted by Crippen LogP contribution is 2.17. The Hall–Kier alpha value is -3.75. The molecule has 0 aliphatic rings. The van der Waals surface area contributed by atoms with E-state index in [2.05, 4.69) is 10.3 Å². The van der Waals surface area contributed by atoms with E-state index in [1.165, 1.54) is 29.9 Å². The number of benzene rings is 3. The quantitative estimate of drug-likeness (QED) is 0.326. The van der Waals surface area contributed by atoms with E-state index in [9.17, 15) is 14.4 Å². The Balaban J connectivity index is 1.67. The van der Waals surface area contributed by atoms with Gasteiger partial charge in [-0.15, -0.1) is 0 Å². The van der Waals surface area contributed by atoms with Crippen LogP contribution in [0.15, 0.2) is 71.5 Å². The molecule has 3 aromatic carbocycles. The van der Waals surface area contributed by atoms with Crippen LogP contribution in [0.1, 0.15) is 26.3 Å². The van der Waals surface area contributed by atoms with Gasteiger partial charge in [0.25, 0.3) is 11.5 Å². The lowest BCUT2D eigenvalue weighted by Crippen LogP contribution is -2.24. The monoisotopic (exact) mass is 479 g/mol. The van der Waals surface area contributed by atoms with E-state index >= 15 is 0 Å². The van der Waals surface area contributed by atoms with Crippen molar-refractivity contribution in [3.63, 3.8) is 0 Å². The molecule has 0 saturated carbocycles. The van der Waals surface area contributed by atoms with Crippen LogP contribution in [-0.4, -0.2) is 28.5 Å². The van der Waals surface area contributed by atoms with Crippen LogP contribution >= 0.6 is 23.8 Å². The molecule has 166 valence electrons. The number of fused-ring (bicyclic) bond motifs is 1. The first kappa shape index (κ1) is 22.4. The van der Waals surface area contributed by atoms with E-state index in [1.807, 2.05) is 18.2 Å². The number of hydrogen-bond acceptors (Lipinski definition) is 5. The van der Waals surface area contributed by atoms with Gasteiger partial charge < -0.3 is 15.0 Å². The number of nitrogens with zero attached hydrogens (tertiary/aromatic N) is 1. The van der Waals surface area contributed by atoms with Crippen LogP contribution in [-0.2, 0) is 11.3 Å². The van der Waals surface area contributed by atoms with Gasteiger partial charge in [0, 0.05) is 17.1 Å². The molecule has 1 heterocycles. The predicted molar refractivity (Wildman–Crippen MR) is 129 cm³/mol. The lowest BCUT2D eigenvalue weighted by Gasteiger charge is -2.11. The molecule has 7 nitrogen and oxygen atoms in total. The van der Waals surface area contributed by atoms with Crippen LogP contribution in [0, 0.1) is 4.77 Å². The number of rotatable bonds is 5. The summed E-state index contributed by atoms with van der Waals surface area (Å²) in [6.45, 7) is 0.265. The first-order valence-electron chi connectivity index (χ1n) is 9.88. The number of carbonyl (C=O) groups excluding carboxylic acids is 2. The zero-order valence-electron chi connectivity index (χ0n) is 17.4. The van der Waals surface area contributed by atoms with Crippen LogP contribution in [0.2, 0.25) is 5.02 Å². The number of aromatic amines is 1. The number of ether oxygens (including phenoxy) is 1. The third kappa shape index (κ3) is 4.57. The largest absolute Gasteiger partial charge is 0.465 e. The second kappa shape index (κ2) is 9.40. The summed E-state index contributed by atoms with van der Waals surface area (Å²) in [5.41, 5.74) is 1.93. The van der Waals surface area contributed by atoms with Crippen molar-refractivity contribution in [2.24, 2.45) is 0 Å². The fourth-order valence-corrected chi connectivity index (χ4v) is 3.90. The fourth-order valence-electron chi connectivity index (χ4n) is 3.40. The van der Waals surface area contributed by atoms with Crippen LogP contribution in [0.25, 0.3) is 16.6 Å². The molecule has 4 rings (SSSR count). The lowest BCUT2D eigenvalue weighted by atomic mass is 10.1. The van der Waals surface area contributed by atoms with Crippen molar-refractivity contribution in [3.05, 3.63) is 104 Å². The predicted octanol–water partition coefficient (Wildman–Crippen LogP) is 4.42. The molecule has 0 aliphatic heterocycles. The number of halogens is 1. The fraction of sp³-hybridized carbons (Fsp3) is 0.0833. The molecule has 0 unspecified atom stereocenters. The van der Waals surface area contributed by atoms with Crippen molar-refractivity contribution in [2.75, 3.05) is 7.11 Å². The highest BCUT2D eigenvalue weighted by molar-refractivity contribution is 7.71. The maximum atomic E-state index is 13.2. The van der Waals surface area contributed by atoms with Crippen molar-refractivity contribution >= 4 is 46.6 Å². The van der Waals surface area contributed by atoms with Gasteiger partial charge in [0.2, 0.25) is 0 Å². The van der Waals surface area contributed by atoms with Crippen molar-refractivity contribution in [1.82, 2.24) is 14.9 Å². The van der Waals surface area contributed by atoms with E-state index in [1.54, 1.807) is 30.3 Å². The zero-order chi connectivity index (χ0) is 23.5. The molecule has 0 fully saturated rings. The van der Waals surface area contributed by atoms with Gasteiger partial charge in [0.15, 0.2) is 4.77 Å². The molecule has 0 spiro atoms. The second-order valence-corrected chi connectivity index (χ2v) is 7.94. The molecule has 33 heavy (non-hydrogen) atoms. The standard InChI is InChI=1S/C24H18ClN3O4S/c1-32-23(31)15-9-10-18-20(12-15)27-24(33)28(22(18)30)17-7-4-6-14(11-17)21(29)26-13-16-5-2-3-8-19(16)25/h2-12H,13H2,1H3,(H,26,29)(H,27,33). The molecule has 9 heteroatoms. The minimum absolute atomic E-state index is 0.128. The smallest absolute Gasteiger partial charge is 0.337 e. The van der Waals surface area contributed by atoms with E-state index in [0.29, 0.717) is 32.7 Å². The maximum Gasteiger partial charge on any atom is 0.337 e. The minimum atomic E-state index is -0.518. The Morgan fingerprint density at radius 1 is 1.06 bits per heavy atom. The Morgan fingerprint density at radius 2 is 1.85 bits per heavy atom. The van der Waals surface area contributed by atoms with E-state index in [-0.39, 0.29) is 22.8 Å². The number of amides is 1. The van der Waals surface area contributed by atoms with Crippen molar-refractivity contribution < 1.29 is 14.3 Å². The van der Waals surface area contributed by atoms with Gasteiger partial charge in [-0.1, -0.05) is 35.9 Å². The average molecular weight is 480 g/mol. The van der Waals surface area contributed by atoms with Gasteiger partial charge in [0.1, 0.15) is 0 Å². The molecule has 1 amide bonds. The summed E-state index contributed by atoms with van der Waals surface area (Å²) >= 11 is 11.5. The van der Waals surface area contributed by atoms with E-state index in [0.717, 1.165) is 5.56 Å². The van der Waals surface area contributed by atoms with Crippen molar-refractivity contribution in [1.29, 1.82) is 0 Å². The van der Waals surface area contributed by atoms with Gasteiger partial charge in [-0.2, -0.15) is 0 Å². The molecular formula is C24H18ClN3O4S. The number of nitrogens with one attached hydrogen (secondary N) is 2. The normalized spacial score (nSPS) is 10.7. The summed E-state index contributed by atoms with van der Waals surface area (Å²) in [5.74, 6) is -0.834. The number of aromatic nitrogens is 2. The Morgan fingerprint density at radius 3 is 2.61 bits per heavy atom. The van der Waals surface area contributed by atoms with Crippen LogP contribution in [0.4, 0.5) is 0 Å². The first-order chi connectivity index (χ1) is 15.9. The third-order valence-electron chi connectivity index (χ3n) is 5.08. The second-order valence-electron chi connectivity index (χ2n) is 7.15. The summed E-state index contributed by atoms with van der Waals surface area (Å²) in [6.07, 6.45) is 0. The maximum absolute atomic E-state index is 13.2. The number of H-pyrrole nitrogens is 1. The number of esters is 1.